The summed E-state index contributed by atoms with van der Waals surface area (Å²) in [7, 11) is 0. The third-order valence-corrected chi connectivity index (χ3v) is 4.25. The minimum Gasteiger partial charge on any atom is -0.325 e. The molecule has 0 aliphatic heterocycles. The SMILES string of the molecule is O=C(CSc1n[nH]c(Cc2ccccc2)n1)Nc1cccc([N+](=O)[O-])c1. The first kappa shape index (κ1) is 17.6. The Bertz CT molecular complexity index is 914. The van der Waals surface area contributed by atoms with Gasteiger partial charge in [-0.2, -0.15) is 0 Å². The van der Waals surface area contributed by atoms with Crippen molar-refractivity contribution in [1.29, 1.82) is 0 Å². The summed E-state index contributed by atoms with van der Waals surface area (Å²) in [5.74, 6) is 0.536. The van der Waals surface area contributed by atoms with Gasteiger partial charge in [-0.25, -0.2) is 4.98 Å². The van der Waals surface area contributed by atoms with Gasteiger partial charge in [0.25, 0.3) is 5.69 Å². The Kier molecular flexibility index (Phi) is 5.59. The van der Waals surface area contributed by atoms with Crippen LogP contribution in [0.5, 0.6) is 0 Å². The zero-order chi connectivity index (χ0) is 18.4. The summed E-state index contributed by atoms with van der Waals surface area (Å²) in [5, 5.41) is 20.8. The molecule has 1 amide bonds. The number of benzene rings is 2. The summed E-state index contributed by atoms with van der Waals surface area (Å²) in [6.07, 6.45) is 0.633. The Balaban J connectivity index is 1.52. The van der Waals surface area contributed by atoms with E-state index in [1.807, 2.05) is 30.3 Å². The van der Waals surface area contributed by atoms with Crippen LogP contribution in [0, 0.1) is 10.1 Å². The number of non-ortho nitro benzene ring substituents is 1. The highest BCUT2D eigenvalue weighted by Crippen LogP contribution is 2.18. The van der Waals surface area contributed by atoms with Crippen LogP contribution in [0.25, 0.3) is 0 Å². The fourth-order valence-electron chi connectivity index (χ4n) is 2.24. The third kappa shape index (κ3) is 4.90. The molecule has 9 heteroatoms. The predicted octanol–water partition coefficient (Wildman–Crippen LogP) is 3.03. The molecule has 0 radical (unpaired) electrons. The van der Waals surface area contributed by atoms with Crippen LogP contribution >= 0.6 is 11.8 Å². The van der Waals surface area contributed by atoms with E-state index in [0.717, 1.165) is 11.4 Å². The number of carbonyl (C=O) groups is 1. The highest BCUT2D eigenvalue weighted by molar-refractivity contribution is 7.99. The highest BCUT2D eigenvalue weighted by atomic mass is 32.2. The number of thioether (sulfide) groups is 1. The minimum absolute atomic E-state index is 0.0741. The van der Waals surface area contributed by atoms with Gasteiger partial charge in [-0.1, -0.05) is 48.2 Å². The van der Waals surface area contributed by atoms with Crippen LogP contribution in [0.1, 0.15) is 11.4 Å². The number of aromatic nitrogens is 3. The van der Waals surface area contributed by atoms with E-state index >= 15 is 0 Å². The molecule has 0 saturated heterocycles. The molecule has 2 aromatic carbocycles. The van der Waals surface area contributed by atoms with Crippen molar-refractivity contribution < 1.29 is 9.72 Å². The van der Waals surface area contributed by atoms with Crippen LogP contribution in [0.15, 0.2) is 59.8 Å². The lowest BCUT2D eigenvalue weighted by Crippen LogP contribution is -2.14. The van der Waals surface area contributed by atoms with Crippen molar-refractivity contribution in [1.82, 2.24) is 15.2 Å². The number of nitro groups is 1. The lowest BCUT2D eigenvalue weighted by atomic mass is 10.1. The molecule has 0 aliphatic carbocycles. The first-order valence-electron chi connectivity index (χ1n) is 7.72. The standard InChI is InChI=1S/C17H15N5O3S/c23-16(18-13-7-4-8-14(10-13)22(24)25)11-26-17-19-15(20-21-17)9-12-5-2-1-3-6-12/h1-8,10H,9,11H2,(H,18,23)(H,19,20,21). The number of H-pyrrole nitrogens is 1. The van der Waals surface area contributed by atoms with Gasteiger partial charge in [0.2, 0.25) is 11.1 Å². The lowest BCUT2D eigenvalue weighted by molar-refractivity contribution is -0.384. The van der Waals surface area contributed by atoms with Crippen LogP contribution < -0.4 is 5.32 Å². The first-order chi connectivity index (χ1) is 12.6. The zero-order valence-electron chi connectivity index (χ0n) is 13.6. The van der Waals surface area contributed by atoms with E-state index in [-0.39, 0.29) is 17.3 Å². The minimum atomic E-state index is -0.508. The van der Waals surface area contributed by atoms with E-state index in [0.29, 0.717) is 17.3 Å². The number of nitrogens with zero attached hydrogens (tertiary/aromatic N) is 3. The molecule has 0 saturated carbocycles. The number of anilines is 1. The molecule has 2 N–H and O–H groups in total. The van der Waals surface area contributed by atoms with Gasteiger partial charge in [-0.3, -0.25) is 20.0 Å². The first-order valence-corrected chi connectivity index (χ1v) is 8.71. The largest absolute Gasteiger partial charge is 0.325 e. The second-order valence-electron chi connectivity index (χ2n) is 5.37. The Morgan fingerprint density at radius 3 is 2.77 bits per heavy atom. The number of hydrogen-bond donors (Lipinski definition) is 2. The molecule has 3 aromatic rings. The van der Waals surface area contributed by atoms with Crippen molar-refractivity contribution in [2.75, 3.05) is 11.1 Å². The van der Waals surface area contributed by atoms with Crippen molar-refractivity contribution in [3.63, 3.8) is 0 Å². The summed E-state index contributed by atoms with van der Waals surface area (Å²) in [4.78, 5) is 26.6. The lowest BCUT2D eigenvalue weighted by Gasteiger charge is -2.03. The van der Waals surface area contributed by atoms with E-state index in [4.69, 9.17) is 0 Å². The average Bonchev–Trinajstić information content (AvgIpc) is 3.08. The molecular weight excluding hydrogens is 354 g/mol. The van der Waals surface area contributed by atoms with Gasteiger partial charge in [0, 0.05) is 24.2 Å². The predicted molar refractivity (Wildman–Crippen MR) is 98.1 cm³/mol. The maximum atomic E-state index is 12.0. The van der Waals surface area contributed by atoms with Gasteiger partial charge >= 0.3 is 0 Å². The molecule has 0 fully saturated rings. The molecule has 1 aromatic heterocycles. The number of amides is 1. The van der Waals surface area contributed by atoms with Crippen LogP contribution in [0.2, 0.25) is 0 Å². The number of rotatable bonds is 7. The fraction of sp³-hybridized carbons (Fsp3) is 0.118. The number of aromatic amines is 1. The average molecular weight is 369 g/mol. The number of nitro benzene ring substituents is 1. The summed E-state index contributed by atoms with van der Waals surface area (Å²) in [6.45, 7) is 0. The summed E-state index contributed by atoms with van der Waals surface area (Å²) in [5.41, 5.74) is 1.42. The van der Waals surface area contributed by atoms with Gasteiger partial charge < -0.3 is 5.32 Å². The smallest absolute Gasteiger partial charge is 0.271 e. The van der Waals surface area contributed by atoms with E-state index in [9.17, 15) is 14.9 Å². The fourth-order valence-corrected chi connectivity index (χ4v) is 2.85. The molecular formula is C17H15N5O3S. The normalized spacial score (nSPS) is 10.5. The number of nitrogens with one attached hydrogen (secondary N) is 2. The van der Waals surface area contributed by atoms with Gasteiger partial charge in [0.05, 0.1) is 10.7 Å². The molecule has 0 atom stereocenters. The van der Waals surface area contributed by atoms with Gasteiger partial charge in [-0.05, 0) is 11.6 Å². The van der Waals surface area contributed by atoms with E-state index in [2.05, 4.69) is 20.5 Å². The summed E-state index contributed by atoms with van der Waals surface area (Å²) < 4.78 is 0. The molecule has 0 spiro atoms. The van der Waals surface area contributed by atoms with Crippen LogP contribution in [-0.4, -0.2) is 31.8 Å². The van der Waals surface area contributed by atoms with E-state index < -0.39 is 4.92 Å². The van der Waals surface area contributed by atoms with Crippen LogP contribution in [0.3, 0.4) is 0 Å². The van der Waals surface area contributed by atoms with E-state index in [1.54, 1.807) is 6.07 Å². The third-order valence-electron chi connectivity index (χ3n) is 3.40. The molecule has 0 aliphatic rings. The Labute approximate surface area is 153 Å². The maximum absolute atomic E-state index is 12.0. The molecule has 3 rings (SSSR count). The Morgan fingerprint density at radius 2 is 2.00 bits per heavy atom. The maximum Gasteiger partial charge on any atom is 0.271 e. The van der Waals surface area contributed by atoms with Crippen molar-refractivity contribution in [3.05, 3.63) is 76.1 Å². The molecule has 132 valence electrons. The second-order valence-corrected chi connectivity index (χ2v) is 6.31. The van der Waals surface area contributed by atoms with Crippen molar-refractivity contribution in [3.8, 4) is 0 Å². The summed E-state index contributed by atoms with van der Waals surface area (Å²) in [6, 6.07) is 15.7. The van der Waals surface area contributed by atoms with Gasteiger partial charge in [-0.15, -0.1) is 5.10 Å². The van der Waals surface area contributed by atoms with Gasteiger partial charge in [0.1, 0.15) is 5.82 Å². The monoisotopic (exact) mass is 369 g/mol. The highest BCUT2D eigenvalue weighted by Gasteiger charge is 2.10. The second kappa shape index (κ2) is 8.26. The van der Waals surface area contributed by atoms with Crippen molar-refractivity contribution in [2.24, 2.45) is 0 Å². The zero-order valence-corrected chi connectivity index (χ0v) is 14.4. The van der Waals surface area contributed by atoms with E-state index in [1.165, 1.54) is 30.0 Å². The van der Waals surface area contributed by atoms with Crippen molar-refractivity contribution >= 4 is 29.0 Å². The van der Waals surface area contributed by atoms with Crippen LogP contribution in [-0.2, 0) is 11.2 Å². The number of hydrogen-bond acceptors (Lipinski definition) is 6. The molecule has 26 heavy (non-hydrogen) atoms. The number of carbonyl (C=O) groups excluding carboxylic acids is 1. The summed E-state index contributed by atoms with van der Waals surface area (Å²) >= 11 is 1.19. The van der Waals surface area contributed by atoms with Crippen molar-refractivity contribution in [2.45, 2.75) is 11.6 Å². The van der Waals surface area contributed by atoms with Crippen LogP contribution in [0.4, 0.5) is 11.4 Å². The Morgan fingerprint density at radius 1 is 1.19 bits per heavy atom. The Hall–Kier alpha value is -3.20. The quantitative estimate of drug-likeness (QED) is 0.376. The van der Waals surface area contributed by atoms with Gasteiger partial charge in [0.15, 0.2) is 0 Å². The topological polar surface area (TPSA) is 114 Å². The molecule has 1 heterocycles. The molecule has 0 bridgehead atoms. The molecule has 0 unspecified atom stereocenters. The molecule has 8 nitrogen and oxygen atoms in total.